The van der Waals surface area contributed by atoms with E-state index in [-0.39, 0.29) is 0 Å². The van der Waals surface area contributed by atoms with Gasteiger partial charge in [-0.1, -0.05) is 75.7 Å². The van der Waals surface area contributed by atoms with Crippen LogP contribution in [-0.2, 0) is 0 Å². The fourth-order valence-electron chi connectivity index (χ4n) is 3.42. The lowest BCUT2D eigenvalue weighted by atomic mass is 10.0. The molecule has 0 aliphatic carbocycles. The van der Waals surface area contributed by atoms with E-state index in [1.807, 2.05) is 33.8 Å². The molecule has 5 aromatic rings. The fraction of sp³-hybridized carbons (Fsp3) is 0.208. The van der Waals surface area contributed by atoms with Crippen LogP contribution in [0.2, 0.25) is 0 Å². The molecule has 0 aliphatic rings. The number of imidazole rings is 1. The number of fused-ring (bicyclic) bond motifs is 8. The summed E-state index contributed by atoms with van der Waals surface area (Å²) < 4.78 is 2.28. The topological polar surface area (TPSA) is 17.3 Å². The molecule has 0 saturated carbocycles. The highest BCUT2D eigenvalue weighted by molar-refractivity contribution is 6.13. The highest BCUT2D eigenvalue weighted by atomic mass is 15.0. The molecule has 2 aromatic heterocycles. The third-order valence-electron chi connectivity index (χ3n) is 4.41. The summed E-state index contributed by atoms with van der Waals surface area (Å²) in [6.45, 7) is 10.1. The van der Waals surface area contributed by atoms with Crippen LogP contribution in [0.1, 0.15) is 33.3 Å². The Morgan fingerprint density at radius 2 is 1.31 bits per heavy atom. The summed E-state index contributed by atoms with van der Waals surface area (Å²) in [6.07, 6.45) is 0. The van der Waals surface area contributed by atoms with Gasteiger partial charge in [-0.15, -0.1) is 0 Å². The second kappa shape index (κ2) is 7.57. The van der Waals surface area contributed by atoms with Crippen molar-refractivity contribution in [3.8, 4) is 0 Å². The zero-order chi connectivity index (χ0) is 18.7. The minimum Gasteiger partial charge on any atom is -0.292 e. The van der Waals surface area contributed by atoms with Crippen molar-refractivity contribution >= 4 is 38.4 Å². The molecule has 0 saturated heterocycles. The standard InChI is InChI=1S/C20H14N2.2C2H6/c1-13-10-11-14-15-6-2-4-8-18(15)22-19-9-5-3-7-17(19)21-20(22)16(14)12-13;2*1-2/h2-12H,1H3;2*1-2H3. The lowest BCUT2D eigenvalue weighted by Gasteiger charge is -2.09. The molecule has 2 heteroatoms. The predicted molar refractivity (Wildman–Crippen MR) is 115 cm³/mol. The van der Waals surface area contributed by atoms with Crippen molar-refractivity contribution in [3.63, 3.8) is 0 Å². The van der Waals surface area contributed by atoms with E-state index >= 15 is 0 Å². The molecule has 26 heavy (non-hydrogen) atoms. The molecule has 0 radical (unpaired) electrons. The van der Waals surface area contributed by atoms with Gasteiger partial charge >= 0.3 is 0 Å². The average molecular weight is 342 g/mol. The Kier molecular flexibility index (Phi) is 5.22. The molecule has 3 aromatic carbocycles. The van der Waals surface area contributed by atoms with E-state index in [0.29, 0.717) is 0 Å². The van der Waals surface area contributed by atoms with Crippen molar-refractivity contribution in [1.29, 1.82) is 0 Å². The Hall–Kier alpha value is -2.87. The number of para-hydroxylation sites is 3. The van der Waals surface area contributed by atoms with Gasteiger partial charge in [-0.05, 0) is 36.6 Å². The predicted octanol–water partition coefficient (Wildman–Crippen LogP) is 7.15. The van der Waals surface area contributed by atoms with Crippen molar-refractivity contribution in [2.24, 2.45) is 0 Å². The number of pyridine rings is 1. The number of hydrogen-bond donors (Lipinski definition) is 0. The van der Waals surface area contributed by atoms with Crippen LogP contribution in [0.4, 0.5) is 0 Å². The van der Waals surface area contributed by atoms with Gasteiger partial charge in [-0.3, -0.25) is 4.40 Å². The first-order chi connectivity index (χ1) is 12.8. The van der Waals surface area contributed by atoms with Crippen LogP contribution in [0.5, 0.6) is 0 Å². The molecule has 132 valence electrons. The van der Waals surface area contributed by atoms with Crippen LogP contribution in [0.15, 0.2) is 66.7 Å². The monoisotopic (exact) mass is 342 g/mol. The summed E-state index contributed by atoms with van der Waals surface area (Å²) in [5, 5.41) is 3.76. The molecule has 0 spiro atoms. The molecule has 0 bridgehead atoms. The summed E-state index contributed by atoms with van der Waals surface area (Å²) in [7, 11) is 0. The van der Waals surface area contributed by atoms with E-state index in [0.717, 1.165) is 16.7 Å². The Labute approximate surface area is 155 Å². The Morgan fingerprint density at radius 3 is 2.08 bits per heavy atom. The van der Waals surface area contributed by atoms with E-state index < -0.39 is 0 Å². The van der Waals surface area contributed by atoms with Crippen LogP contribution in [0.3, 0.4) is 0 Å². The third-order valence-corrected chi connectivity index (χ3v) is 4.41. The minimum absolute atomic E-state index is 1.04. The molecular weight excluding hydrogens is 316 g/mol. The SMILES string of the molecule is CC.CC.Cc1ccc2c3ccccc3n3c4ccccc4nc3c2c1. The maximum atomic E-state index is 4.90. The fourth-order valence-corrected chi connectivity index (χ4v) is 3.42. The quantitative estimate of drug-likeness (QED) is 0.273. The molecule has 0 fully saturated rings. The second-order valence-electron chi connectivity index (χ2n) is 5.83. The lowest BCUT2D eigenvalue weighted by Crippen LogP contribution is -1.91. The van der Waals surface area contributed by atoms with Crippen LogP contribution in [0, 0.1) is 6.92 Å². The normalized spacial score (nSPS) is 10.5. The number of nitrogens with zero attached hydrogens (tertiary/aromatic N) is 2. The van der Waals surface area contributed by atoms with Gasteiger partial charge in [0.2, 0.25) is 0 Å². The van der Waals surface area contributed by atoms with E-state index in [1.54, 1.807) is 0 Å². The van der Waals surface area contributed by atoms with E-state index in [9.17, 15) is 0 Å². The molecule has 2 heterocycles. The minimum atomic E-state index is 1.04. The zero-order valence-electron chi connectivity index (χ0n) is 16.2. The maximum Gasteiger partial charge on any atom is 0.146 e. The maximum absolute atomic E-state index is 4.90. The van der Waals surface area contributed by atoms with Gasteiger partial charge in [0.05, 0.1) is 16.6 Å². The molecule has 0 atom stereocenters. The van der Waals surface area contributed by atoms with Crippen molar-refractivity contribution in [3.05, 3.63) is 72.3 Å². The van der Waals surface area contributed by atoms with Gasteiger partial charge in [0, 0.05) is 10.8 Å². The molecule has 5 rings (SSSR count). The molecule has 0 unspecified atom stereocenters. The number of aromatic nitrogens is 2. The first kappa shape index (κ1) is 17.9. The summed E-state index contributed by atoms with van der Waals surface area (Å²) in [5.74, 6) is 0. The van der Waals surface area contributed by atoms with Gasteiger partial charge in [0.25, 0.3) is 0 Å². The Morgan fingerprint density at radius 1 is 0.654 bits per heavy atom. The van der Waals surface area contributed by atoms with Gasteiger partial charge in [0.1, 0.15) is 5.65 Å². The summed E-state index contributed by atoms with van der Waals surface area (Å²) >= 11 is 0. The van der Waals surface area contributed by atoms with Crippen LogP contribution in [-0.4, -0.2) is 9.38 Å². The molecule has 2 nitrogen and oxygen atoms in total. The number of rotatable bonds is 0. The molecule has 0 aliphatic heterocycles. The number of hydrogen-bond acceptors (Lipinski definition) is 1. The van der Waals surface area contributed by atoms with E-state index in [1.165, 1.54) is 27.2 Å². The Balaban J connectivity index is 0.000000461. The third kappa shape index (κ3) is 2.72. The Bertz CT molecular complexity index is 1180. The van der Waals surface area contributed by atoms with E-state index in [2.05, 4.69) is 72.0 Å². The van der Waals surface area contributed by atoms with E-state index in [4.69, 9.17) is 4.98 Å². The second-order valence-corrected chi connectivity index (χ2v) is 5.83. The lowest BCUT2D eigenvalue weighted by molar-refractivity contribution is 1.31. The van der Waals surface area contributed by atoms with Crippen molar-refractivity contribution in [2.45, 2.75) is 34.6 Å². The van der Waals surface area contributed by atoms with Crippen molar-refractivity contribution in [2.75, 3.05) is 0 Å². The number of benzene rings is 3. The van der Waals surface area contributed by atoms with Gasteiger partial charge in [-0.25, -0.2) is 4.98 Å². The summed E-state index contributed by atoms with van der Waals surface area (Å²) in [4.78, 5) is 4.90. The van der Waals surface area contributed by atoms with Crippen LogP contribution >= 0.6 is 0 Å². The van der Waals surface area contributed by atoms with Crippen molar-refractivity contribution < 1.29 is 0 Å². The van der Waals surface area contributed by atoms with Gasteiger partial charge in [-0.2, -0.15) is 0 Å². The van der Waals surface area contributed by atoms with Crippen molar-refractivity contribution in [1.82, 2.24) is 9.38 Å². The first-order valence-electron chi connectivity index (χ1n) is 9.51. The summed E-state index contributed by atoms with van der Waals surface area (Å²) in [6, 6.07) is 23.5. The highest BCUT2D eigenvalue weighted by Gasteiger charge is 2.12. The smallest absolute Gasteiger partial charge is 0.146 e. The van der Waals surface area contributed by atoms with Crippen LogP contribution in [0.25, 0.3) is 38.4 Å². The largest absolute Gasteiger partial charge is 0.292 e. The average Bonchev–Trinajstić information content (AvgIpc) is 3.11. The molecular formula is C24H26N2. The molecule has 0 amide bonds. The highest BCUT2D eigenvalue weighted by Crippen LogP contribution is 2.32. The van der Waals surface area contributed by atoms with Gasteiger partial charge < -0.3 is 0 Å². The van der Waals surface area contributed by atoms with Gasteiger partial charge in [0.15, 0.2) is 0 Å². The number of aryl methyl sites for hydroxylation is 1. The summed E-state index contributed by atoms with van der Waals surface area (Å²) in [5.41, 5.74) is 5.72. The molecule has 0 N–H and O–H groups in total. The van der Waals surface area contributed by atoms with Crippen LogP contribution < -0.4 is 0 Å². The zero-order valence-corrected chi connectivity index (χ0v) is 16.2. The first-order valence-corrected chi connectivity index (χ1v) is 9.51.